The Kier molecular flexibility index (Phi) is 5.59. The number of nitrogens with zero attached hydrogens (tertiary/aromatic N) is 1. The SMILES string of the molecule is Cc1[nH]nc(S(=O)(=O)Nc2ccc(F)cc2)c1C(=O)NCc1cc(F)cc(F)c1. The molecule has 7 nitrogen and oxygen atoms in total. The molecule has 3 rings (SSSR count). The third kappa shape index (κ3) is 4.74. The molecule has 0 spiro atoms. The Morgan fingerprint density at radius 2 is 1.66 bits per heavy atom. The normalized spacial score (nSPS) is 11.3. The first kappa shape index (κ1) is 20.4. The number of anilines is 1. The molecule has 0 aliphatic rings. The van der Waals surface area contributed by atoms with Crippen molar-refractivity contribution in [3.05, 3.63) is 76.7 Å². The second kappa shape index (κ2) is 7.95. The van der Waals surface area contributed by atoms with Crippen LogP contribution in [0.25, 0.3) is 0 Å². The maximum absolute atomic E-state index is 13.3. The molecule has 0 radical (unpaired) electrons. The number of benzene rings is 2. The Labute approximate surface area is 164 Å². The number of halogens is 3. The van der Waals surface area contributed by atoms with Crippen molar-refractivity contribution in [3.63, 3.8) is 0 Å². The third-order valence-electron chi connectivity index (χ3n) is 3.87. The monoisotopic (exact) mass is 424 g/mol. The van der Waals surface area contributed by atoms with E-state index in [1.165, 1.54) is 19.1 Å². The fourth-order valence-electron chi connectivity index (χ4n) is 2.57. The van der Waals surface area contributed by atoms with Gasteiger partial charge in [0, 0.05) is 24.0 Å². The summed E-state index contributed by atoms with van der Waals surface area (Å²) in [5.74, 6) is -2.96. The molecule has 0 aliphatic carbocycles. The molecule has 0 saturated carbocycles. The summed E-state index contributed by atoms with van der Waals surface area (Å²) in [7, 11) is -4.27. The highest BCUT2D eigenvalue weighted by molar-refractivity contribution is 7.92. The molecule has 0 unspecified atom stereocenters. The number of hydrogen-bond donors (Lipinski definition) is 3. The number of amides is 1. The maximum atomic E-state index is 13.3. The Balaban J connectivity index is 1.82. The van der Waals surface area contributed by atoms with Crippen molar-refractivity contribution >= 4 is 21.6 Å². The van der Waals surface area contributed by atoms with Crippen molar-refractivity contribution in [2.75, 3.05) is 4.72 Å². The number of sulfonamides is 1. The summed E-state index contributed by atoms with van der Waals surface area (Å²) in [5, 5.41) is 7.94. The first-order valence-electron chi connectivity index (χ1n) is 8.22. The van der Waals surface area contributed by atoms with Crippen molar-refractivity contribution in [1.29, 1.82) is 0 Å². The van der Waals surface area contributed by atoms with Crippen molar-refractivity contribution in [3.8, 4) is 0 Å². The molecule has 0 fully saturated rings. The zero-order valence-corrected chi connectivity index (χ0v) is 15.8. The molecule has 3 N–H and O–H groups in total. The van der Waals surface area contributed by atoms with Gasteiger partial charge in [0.05, 0.1) is 0 Å². The standard InChI is InChI=1S/C18H15F3N4O3S/c1-10-16(17(26)22-9-11-6-13(20)8-14(21)7-11)18(24-23-10)29(27,28)25-15-4-2-12(19)3-5-15/h2-8,25H,9H2,1H3,(H,22,26)(H,23,24). The molecule has 0 aliphatic heterocycles. The van der Waals surface area contributed by atoms with Gasteiger partial charge in [-0.05, 0) is 48.9 Å². The van der Waals surface area contributed by atoms with Crippen molar-refractivity contribution in [2.45, 2.75) is 18.5 Å². The topological polar surface area (TPSA) is 104 Å². The minimum Gasteiger partial charge on any atom is -0.348 e. The summed E-state index contributed by atoms with van der Waals surface area (Å²) in [6, 6.07) is 7.34. The fraction of sp³-hybridized carbons (Fsp3) is 0.111. The summed E-state index contributed by atoms with van der Waals surface area (Å²) in [6.07, 6.45) is 0. The molecule has 3 aromatic rings. The fourth-order valence-corrected chi connectivity index (χ4v) is 3.80. The minimum atomic E-state index is -4.27. The lowest BCUT2D eigenvalue weighted by molar-refractivity contribution is 0.0947. The van der Waals surface area contributed by atoms with E-state index in [1.807, 2.05) is 0 Å². The highest BCUT2D eigenvalue weighted by Crippen LogP contribution is 2.20. The highest BCUT2D eigenvalue weighted by atomic mass is 32.2. The molecule has 11 heteroatoms. The van der Waals surface area contributed by atoms with E-state index < -0.39 is 38.4 Å². The smallest absolute Gasteiger partial charge is 0.282 e. The van der Waals surface area contributed by atoms with E-state index >= 15 is 0 Å². The van der Waals surface area contributed by atoms with Gasteiger partial charge in [-0.25, -0.2) is 13.2 Å². The Bertz CT molecular complexity index is 1140. The average molecular weight is 424 g/mol. The van der Waals surface area contributed by atoms with Crippen LogP contribution >= 0.6 is 0 Å². The number of rotatable bonds is 6. The molecule has 0 atom stereocenters. The predicted octanol–water partition coefficient (Wildman–Crippen LogP) is 2.87. The molecule has 0 saturated heterocycles. The molecular weight excluding hydrogens is 409 g/mol. The Morgan fingerprint density at radius 3 is 2.28 bits per heavy atom. The van der Waals surface area contributed by atoms with Gasteiger partial charge >= 0.3 is 0 Å². The van der Waals surface area contributed by atoms with Gasteiger partial charge in [-0.1, -0.05) is 0 Å². The second-order valence-corrected chi connectivity index (χ2v) is 7.70. The van der Waals surface area contributed by atoms with Crippen molar-refractivity contribution in [2.24, 2.45) is 0 Å². The Hall–Kier alpha value is -3.34. The summed E-state index contributed by atoms with van der Waals surface area (Å²) in [5.41, 5.74) is 0.156. The predicted molar refractivity (Wildman–Crippen MR) is 98.1 cm³/mol. The molecule has 29 heavy (non-hydrogen) atoms. The number of hydrogen-bond acceptors (Lipinski definition) is 4. The van der Waals surface area contributed by atoms with Gasteiger partial charge < -0.3 is 5.32 Å². The minimum absolute atomic E-state index is 0.0775. The van der Waals surface area contributed by atoms with Crippen molar-refractivity contribution in [1.82, 2.24) is 15.5 Å². The van der Waals surface area contributed by atoms with E-state index in [1.54, 1.807) is 0 Å². The number of nitrogens with one attached hydrogen (secondary N) is 3. The van der Waals surface area contributed by atoms with E-state index in [-0.39, 0.29) is 29.1 Å². The molecule has 0 bridgehead atoms. The van der Waals surface area contributed by atoms with E-state index in [4.69, 9.17) is 0 Å². The lowest BCUT2D eigenvalue weighted by atomic mass is 10.2. The first-order chi connectivity index (χ1) is 13.7. The van der Waals surface area contributed by atoms with Crippen LogP contribution in [0.2, 0.25) is 0 Å². The van der Waals surface area contributed by atoms with Crippen LogP contribution in [0.4, 0.5) is 18.9 Å². The van der Waals surface area contributed by atoms with E-state index in [0.717, 1.165) is 24.3 Å². The number of carbonyl (C=O) groups is 1. The van der Waals surface area contributed by atoms with Crippen LogP contribution < -0.4 is 10.0 Å². The van der Waals surface area contributed by atoms with Gasteiger partial charge in [0.25, 0.3) is 15.9 Å². The van der Waals surface area contributed by atoms with Crippen LogP contribution in [0.3, 0.4) is 0 Å². The molecule has 2 aromatic carbocycles. The number of aromatic amines is 1. The summed E-state index contributed by atoms with van der Waals surface area (Å²) >= 11 is 0. The van der Waals surface area contributed by atoms with Crippen LogP contribution in [0.5, 0.6) is 0 Å². The molecule has 152 valence electrons. The van der Waals surface area contributed by atoms with Crippen LogP contribution in [-0.2, 0) is 16.6 Å². The lowest BCUT2D eigenvalue weighted by Crippen LogP contribution is -2.26. The van der Waals surface area contributed by atoms with Crippen LogP contribution in [0.1, 0.15) is 21.6 Å². The van der Waals surface area contributed by atoms with E-state index in [2.05, 4.69) is 20.2 Å². The quantitative estimate of drug-likeness (QED) is 0.566. The zero-order valence-electron chi connectivity index (χ0n) is 15.0. The largest absolute Gasteiger partial charge is 0.348 e. The third-order valence-corrected chi connectivity index (χ3v) is 5.18. The van der Waals surface area contributed by atoms with Gasteiger partial charge in [-0.15, -0.1) is 0 Å². The van der Waals surface area contributed by atoms with Crippen molar-refractivity contribution < 1.29 is 26.4 Å². The number of aryl methyl sites for hydroxylation is 1. The molecule has 1 amide bonds. The van der Waals surface area contributed by atoms with Gasteiger partial charge in [-0.2, -0.15) is 13.5 Å². The van der Waals surface area contributed by atoms with Gasteiger partial charge in [0.15, 0.2) is 0 Å². The van der Waals surface area contributed by atoms with E-state index in [9.17, 15) is 26.4 Å². The lowest BCUT2D eigenvalue weighted by Gasteiger charge is -2.09. The average Bonchev–Trinajstić information content (AvgIpc) is 3.03. The second-order valence-electron chi connectivity index (χ2n) is 6.10. The summed E-state index contributed by atoms with van der Waals surface area (Å²) in [4.78, 5) is 12.5. The summed E-state index contributed by atoms with van der Waals surface area (Å²) in [6.45, 7) is 1.21. The first-order valence-corrected chi connectivity index (χ1v) is 9.70. The number of H-pyrrole nitrogens is 1. The highest BCUT2D eigenvalue weighted by Gasteiger charge is 2.28. The van der Waals surface area contributed by atoms with Gasteiger partial charge in [-0.3, -0.25) is 14.6 Å². The molecule has 1 heterocycles. The van der Waals surface area contributed by atoms with Gasteiger partial charge in [0.1, 0.15) is 23.0 Å². The van der Waals surface area contributed by atoms with E-state index in [0.29, 0.717) is 6.07 Å². The zero-order chi connectivity index (χ0) is 21.2. The van der Waals surface area contributed by atoms with Crippen LogP contribution in [0, 0.1) is 24.4 Å². The molecular formula is C18H15F3N4O3S. The number of aromatic nitrogens is 2. The van der Waals surface area contributed by atoms with Gasteiger partial charge in [0.2, 0.25) is 5.03 Å². The summed E-state index contributed by atoms with van der Waals surface area (Å²) < 4.78 is 67.0. The van der Waals surface area contributed by atoms with Crippen LogP contribution in [-0.4, -0.2) is 24.5 Å². The number of carbonyl (C=O) groups excluding carboxylic acids is 1. The molecule has 1 aromatic heterocycles. The maximum Gasteiger partial charge on any atom is 0.282 e. The Morgan fingerprint density at radius 1 is 1.03 bits per heavy atom. The van der Waals surface area contributed by atoms with Crippen LogP contribution in [0.15, 0.2) is 47.5 Å².